The molecule has 3 aromatic carbocycles. The molecule has 186 valence electrons. The van der Waals surface area contributed by atoms with Gasteiger partial charge < -0.3 is 4.74 Å². The molecule has 35 heavy (non-hydrogen) atoms. The summed E-state index contributed by atoms with van der Waals surface area (Å²) < 4.78 is 90.6. The number of hydrogen-bond donors (Lipinski definition) is 0. The average molecular weight is 493 g/mol. The smallest absolute Gasteiger partial charge is 0.400 e. The van der Waals surface area contributed by atoms with E-state index in [1.807, 2.05) is 0 Å². The Morgan fingerprint density at radius 1 is 0.714 bits per heavy atom. The highest BCUT2D eigenvalue weighted by molar-refractivity contribution is 5.72. The first-order chi connectivity index (χ1) is 16.7. The van der Waals surface area contributed by atoms with Crippen molar-refractivity contribution in [3.05, 3.63) is 77.9 Å². The summed E-state index contributed by atoms with van der Waals surface area (Å²) in [6, 6.07) is 10.3. The third kappa shape index (κ3) is 5.65. The molecular weight excluding hydrogens is 466 g/mol. The highest BCUT2D eigenvalue weighted by Crippen LogP contribution is 2.41. The van der Waals surface area contributed by atoms with Gasteiger partial charge in [0.15, 0.2) is 11.6 Å². The van der Waals surface area contributed by atoms with Gasteiger partial charge in [-0.3, -0.25) is 0 Å². The van der Waals surface area contributed by atoms with Gasteiger partial charge in [-0.1, -0.05) is 38.0 Å². The van der Waals surface area contributed by atoms with Gasteiger partial charge in [-0.05, 0) is 84.7 Å². The molecule has 3 aromatic rings. The summed E-state index contributed by atoms with van der Waals surface area (Å²) >= 11 is 0. The Kier molecular flexibility index (Phi) is 7.43. The van der Waals surface area contributed by atoms with Crippen molar-refractivity contribution >= 4 is 0 Å². The number of benzene rings is 3. The van der Waals surface area contributed by atoms with E-state index in [1.54, 1.807) is 0 Å². The SMILES string of the molecule is CCCC1CCC(C(F)(F)Oc2ccc(-c3cc(F)c(-c4ccc(F)c(F)c4)c(F)c3)cc2)CC1. The van der Waals surface area contributed by atoms with Crippen LogP contribution in [0.2, 0.25) is 0 Å². The average Bonchev–Trinajstić information content (AvgIpc) is 2.82. The Labute approximate surface area is 200 Å². The zero-order valence-corrected chi connectivity index (χ0v) is 19.3. The number of alkyl halides is 2. The summed E-state index contributed by atoms with van der Waals surface area (Å²) in [4.78, 5) is 0. The van der Waals surface area contributed by atoms with E-state index < -0.39 is 40.9 Å². The van der Waals surface area contributed by atoms with Crippen molar-refractivity contribution in [3.8, 4) is 28.0 Å². The maximum atomic E-state index is 14.7. The predicted molar refractivity (Wildman–Crippen MR) is 123 cm³/mol. The van der Waals surface area contributed by atoms with Crippen LogP contribution >= 0.6 is 0 Å². The van der Waals surface area contributed by atoms with E-state index in [1.165, 1.54) is 24.3 Å². The molecular formula is C28H26F6O. The third-order valence-electron chi connectivity index (χ3n) is 6.71. The number of ether oxygens (including phenoxy) is 1. The fourth-order valence-electron chi connectivity index (χ4n) is 4.82. The summed E-state index contributed by atoms with van der Waals surface area (Å²) in [5.41, 5.74) is -0.0738. The Balaban J connectivity index is 1.48. The first kappa shape index (κ1) is 25.1. The second-order valence-electron chi connectivity index (χ2n) is 9.14. The minimum atomic E-state index is -3.30. The number of halogens is 6. The van der Waals surface area contributed by atoms with E-state index in [9.17, 15) is 26.3 Å². The van der Waals surface area contributed by atoms with Crippen LogP contribution in [0.1, 0.15) is 45.4 Å². The second kappa shape index (κ2) is 10.3. The molecule has 0 radical (unpaired) electrons. The van der Waals surface area contributed by atoms with Crippen LogP contribution in [-0.4, -0.2) is 6.11 Å². The van der Waals surface area contributed by atoms with E-state index in [0.717, 1.165) is 56.0 Å². The quantitative estimate of drug-likeness (QED) is 0.299. The van der Waals surface area contributed by atoms with Crippen LogP contribution in [0, 0.1) is 35.1 Å². The van der Waals surface area contributed by atoms with Gasteiger partial charge in [0.25, 0.3) is 0 Å². The summed E-state index contributed by atoms with van der Waals surface area (Å²) in [7, 11) is 0. The summed E-state index contributed by atoms with van der Waals surface area (Å²) in [5.74, 6) is -4.64. The van der Waals surface area contributed by atoms with E-state index in [0.29, 0.717) is 24.3 Å². The molecule has 0 saturated heterocycles. The zero-order valence-electron chi connectivity index (χ0n) is 19.3. The molecule has 1 aliphatic carbocycles. The van der Waals surface area contributed by atoms with Gasteiger partial charge in [0.05, 0.1) is 11.5 Å². The number of rotatable bonds is 7. The van der Waals surface area contributed by atoms with Crippen LogP contribution in [0.5, 0.6) is 5.75 Å². The first-order valence-electron chi connectivity index (χ1n) is 11.8. The maximum Gasteiger partial charge on any atom is 0.400 e. The molecule has 0 heterocycles. The lowest BCUT2D eigenvalue weighted by molar-refractivity contribution is -0.223. The number of hydrogen-bond acceptors (Lipinski definition) is 1. The van der Waals surface area contributed by atoms with Crippen molar-refractivity contribution in [1.82, 2.24) is 0 Å². The van der Waals surface area contributed by atoms with Gasteiger partial charge in [0, 0.05) is 0 Å². The first-order valence-corrected chi connectivity index (χ1v) is 11.8. The fourth-order valence-corrected chi connectivity index (χ4v) is 4.82. The van der Waals surface area contributed by atoms with Gasteiger partial charge in [-0.15, -0.1) is 0 Å². The van der Waals surface area contributed by atoms with Crippen molar-refractivity contribution in [3.63, 3.8) is 0 Å². The molecule has 1 fully saturated rings. The maximum absolute atomic E-state index is 14.7. The lowest BCUT2D eigenvalue weighted by Crippen LogP contribution is -2.37. The Morgan fingerprint density at radius 3 is 1.86 bits per heavy atom. The van der Waals surface area contributed by atoms with Gasteiger partial charge in [-0.2, -0.15) is 8.78 Å². The highest BCUT2D eigenvalue weighted by atomic mass is 19.3. The zero-order chi connectivity index (χ0) is 25.2. The van der Waals surface area contributed by atoms with Crippen molar-refractivity contribution in [2.45, 2.75) is 51.6 Å². The van der Waals surface area contributed by atoms with Crippen LogP contribution in [0.15, 0.2) is 54.6 Å². The molecule has 0 aromatic heterocycles. The molecule has 1 saturated carbocycles. The Hall–Kier alpha value is -2.96. The molecule has 0 unspecified atom stereocenters. The van der Waals surface area contributed by atoms with E-state index >= 15 is 0 Å². The molecule has 1 nitrogen and oxygen atoms in total. The molecule has 0 amide bonds. The molecule has 0 aliphatic heterocycles. The molecule has 0 N–H and O–H groups in total. The van der Waals surface area contributed by atoms with Crippen LogP contribution < -0.4 is 4.74 Å². The summed E-state index contributed by atoms with van der Waals surface area (Å²) in [6.45, 7) is 2.09. The minimum absolute atomic E-state index is 0.0335. The van der Waals surface area contributed by atoms with Crippen LogP contribution in [-0.2, 0) is 0 Å². The van der Waals surface area contributed by atoms with Gasteiger partial charge >= 0.3 is 6.11 Å². The molecule has 0 spiro atoms. The predicted octanol–water partition coefficient (Wildman–Crippen LogP) is 9.16. The Morgan fingerprint density at radius 2 is 1.29 bits per heavy atom. The van der Waals surface area contributed by atoms with Crippen molar-refractivity contribution in [1.29, 1.82) is 0 Å². The molecule has 1 aliphatic rings. The van der Waals surface area contributed by atoms with E-state index in [-0.39, 0.29) is 16.9 Å². The van der Waals surface area contributed by atoms with Crippen LogP contribution in [0.4, 0.5) is 26.3 Å². The van der Waals surface area contributed by atoms with E-state index in [2.05, 4.69) is 6.92 Å². The molecule has 7 heteroatoms. The topological polar surface area (TPSA) is 9.23 Å². The highest BCUT2D eigenvalue weighted by Gasteiger charge is 2.43. The third-order valence-corrected chi connectivity index (χ3v) is 6.71. The standard InChI is InChI=1S/C28H26F6O/c1-2-3-17-4-9-21(10-5-17)28(33,34)35-22-11-6-18(7-12-22)20-15-25(31)27(26(32)16-20)19-8-13-23(29)24(30)14-19/h6-8,11-17,21H,2-5,9-10H2,1H3. The van der Waals surface area contributed by atoms with Crippen molar-refractivity contribution < 1.29 is 31.1 Å². The lowest BCUT2D eigenvalue weighted by atomic mass is 9.79. The van der Waals surface area contributed by atoms with Crippen molar-refractivity contribution in [2.75, 3.05) is 0 Å². The molecule has 4 rings (SSSR count). The van der Waals surface area contributed by atoms with Crippen LogP contribution in [0.25, 0.3) is 22.3 Å². The normalized spacial score (nSPS) is 18.5. The summed E-state index contributed by atoms with van der Waals surface area (Å²) in [5, 5.41) is 0. The van der Waals surface area contributed by atoms with Gasteiger partial charge in [0.1, 0.15) is 17.4 Å². The van der Waals surface area contributed by atoms with Gasteiger partial charge in [0.2, 0.25) is 0 Å². The molecule has 0 atom stereocenters. The largest absolute Gasteiger partial charge is 0.432 e. The Bertz CT molecular complexity index is 1140. The molecule has 0 bridgehead atoms. The van der Waals surface area contributed by atoms with Crippen molar-refractivity contribution in [2.24, 2.45) is 11.8 Å². The minimum Gasteiger partial charge on any atom is -0.432 e. The van der Waals surface area contributed by atoms with Gasteiger partial charge in [-0.25, -0.2) is 17.6 Å². The second-order valence-corrected chi connectivity index (χ2v) is 9.14. The summed E-state index contributed by atoms with van der Waals surface area (Å²) in [6.07, 6.45) is 1.18. The monoisotopic (exact) mass is 492 g/mol. The van der Waals surface area contributed by atoms with E-state index in [4.69, 9.17) is 4.74 Å². The lowest BCUT2D eigenvalue weighted by Gasteiger charge is -2.33. The van der Waals surface area contributed by atoms with Crippen LogP contribution in [0.3, 0.4) is 0 Å². The fraction of sp³-hybridized carbons (Fsp3) is 0.357.